The number of amides is 1. The number of benzene rings is 2. The number of nitriles is 1. The molecule has 6 nitrogen and oxygen atoms in total. The van der Waals surface area contributed by atoms with Crippen molar-refractivity contribution in [2.75, 3.05) is 18.0 Å². The van der Waals surface area contributed by atoms with Gasteiger partial charge in [-0.1, -0.05) is 24.3 Å². The summed E-state index contributed by atoms with van der Waals surface area (Å²) in [6.45, 7) is 5.23. The lowest BCUT2D eigenvalue weighted by Crippen LogP contribution is -2.40. The van der Waals surface area contributed by atoms with Gasteiger partial charge in [0, 0.05) is 24.3 Å². The smallest absolute Gasteiger partial charge is 0.241 e. The molecule has 3 aromatic rings. The van der Waals surface area contributed by atoms with Crippen LogP contribution in [-0.4, -0.2) is 29.0 Å². The molecule has 3 rings (SSSR count). The van der Waals surface area contributed by atoms with Gasteiger partial charge in [-0.2, -0.15) is 5.26 Å². The highest BCUT2D eigenvalue weighted by atomic mass is 16.3. The first-order valence-corrected chi connectivity index (χ1v) is 10.2. The Bertz CT molecular complexity index is 1030. The Balaban J connectivity index is 1.84. The van der Waals surface area contributed by atoms with Gasteiger partial charge in [-0.3, -0.25) is 9.69 Å². The van der Waals surface area contributed by atoms with E-state index in [1.165, 1.54) is 0 Å². The van der Waals surface area contributed by atoms with Gasteiger partial charge >= 0.3 is 0 Å². The monoisotopic (exact) mass is 417 g/mol. The van der Waals surface area contributed by atoms with Crippen molar-refractivity contribution in [3.63, 3.8) is 0 Å². The molecule has 0 bridgehead atoms. The molecular weight excluding hydrogens is 390 g/mol. The minimum absolute atomic E-state index is 0.109. The molecule has 1 heterocycles. The van der Waals surface area contributed by atoms with Gasteiger partial charge in [-0.05, 0) is 55.3 Å². The van der Waals surface area contributed by atoms with Gasteiger partial charge in [0.1, 0.15) is 11.5 Å². The number of anilines is 1. The van der Waals surface area contributed by atoms with Crippen LogP contribution in [0.1, 0.15) is 28.9 Å². The Morgan fingerprint density at radius 3 is 2.45 bits per heavy atom. The first-order valence-electron chi connectivity index (χ1n) is 10.2. The topological polar surface area (TPSA) is 80.7 Å². The molecule has 0 spiro atoms. The number of rotatable bonds is 9. The van der Waals surface area contributed by atoms with E-state index in [0.29, 0.717) is 19.6 Å². The van der Waals surface area contributed by atoms with Crippen molar-refractivity contribution in [1.82, 2.24) is 4.90 Å². The van der Waals surface area contributed by atoms with Crippen LogP contribution >= 0.6 is 0 Å². The molecule has 160 valence electrons. The van der Waals surface area contributed by atoms with E-state index in [2.05, 4.69) is 12.1 Å². The molecule has 31 heavy (non-hydrogen) atoms. The summed E-state index contributed by atoms with van der Waals surface area (Å²) in [6.07, 6.45) is 1.85. The van der Waals surface area contributed by atoms with Gasteiger partial charge in [0.15, 0.2) is 0 Å². The summed E-state index contributed by atoms with van der Waals surface area (Å²) in [7, 11) is 0. The number of carbonyl (C=O) groups excluding carboxylic acids is 1. The number of nitrogens with zero attached hydrogens (tertiary/aromatic N) is 3. The van der Waals surface area contributed by atoms with E-state index in [1.54, 1.807) is 23.3 Å². The number of aryl methyl sites for hydroxylation is 2. The number of phenols is 1. The summed E-state index contributed by atoms with van der Waals surface area (Å²) in [5.74, 6) is 0.815. The molecule has 0 saturated heterocycles. The quantitative estimate of drug-likeness (QED) is 0.552. The van der Waals surface area contributed by atoms with Crippen molar-refractivity contribution < 1.29 is 14.3 Å². The Hall–Kier alpha value is -3.56. The average Bonchev–Trinajstić information content (AvgIpc) is 3.22. The summed E-state index contributed by atoms with van der Waals surface area (Å²) < 4.78 is 5.48. The molecule has 1 N–H and O–H groups in total. The van der Waals surface area contributed by atoms with Gasteiger partial charge in [0.2, 0.25) is 5.91 Å². The fourth-order valence-electron chi connectivity index (χ4n) is 3.62. The second-order valence-electron chi connectivity index (χ2n) is 7.65. The maximum atomic E-state index is 13.4. The number of aromatic hydroxyl groups is 1. The predicted molar refractivity (Wildman–Crippen MR) is 119 cm³/mol. The zero-order chi connectivity index (χ0) is 22.2. The molecule has 0 atom stereocenters. The normalized spacial score (nSPS) is 10.8. The fraction of sp³-hybridized carbons (Fsp3) is 0.280. The van der Waals surface area contributed by atoms with E-state index in [4.69, 9.17) is 9.68 Å². The van der Waals surface area contributed by atoms with Crippen LogP contribution in [0.15, 0.2) is 65.3 Å². The average molecular weight is 418 g/mol. The number of carbonyl (C=O) groups is 1. The zero-order valence-corrected chi connectivity index (χ0v) is 17.9. The van der Waals surface area contributed by atoms with Gasteiger partial charge in [-0.25, -0.2) is 0 Å². The van der Waals surface area contributed by atoms with Crippen LogP contribution in [0.25, 0.3) is 0 Å². The lowest BCUT2D eigenvalue weighted by molar-refractivity contribution is -0.120. The number of hydrogen-bond acceptors (Lipinski definition) is 5. The lowest BCUT2D eigenvalue weighted by Gasteiger charge is -2.27. The minimum Gasteiger partial charge on any atom is -0.508 e. The first kappa shape index (κ1) is 22.1. The maximum absolute atomic E-state index is 13.4. The van der Waals surface area contributed by atoms with Crippen molar-refractivity contribution >= 4 is 11.6 Å². The molecular formula is C25H27N3O3. The molecule has 0 aliphatic rings. The Labute approximate surface area is 182 Å². The van der Waals surface area contributed by atoms with Crippen LogP contribution in [0, 0.1) is 25.2 Å². The van der Waals surface area contributed by atoms with E-state index in [1.807, 2.05) is 55.1 Å². The SMILES string of the molecule is Cc1cc(C)cc(N(CCC#N)C(=O)CN(Cc2ccco2)Cc2ccccc2O)c1. The highest BCUT2D eigenvalue weighted by Gasteiger charge is 2.21. The third-order valence-electron chi connectivity index (χ3n) is 4.97. The summed E-state index contributed by atoms with van der Waals surface area (Å²) >= 11 is 0. The zero-order valence-electron chi connectivity index (χ0n) is 17.9. The Morgan fingerprint density at radius 1 is 1.06 bits per heavy atom. The summed E-state index contributed by atoms with van der Waals surface area (Å²) in [5.41, 5.74) is 3.65. The van der Waals surface area contributed by atoms with Crippen molar-refractivity contribution in [3.05, 3.63) is 83.3 Å². The largest absolute Gasteiger partial charge is 0.508 e. The van der Waals surface area contributed by atoms with E-state index >= 15 is 0 Å². The van der Waals surface area contributed by atoms with Crippen LogP contribution in [-0.2, 0) is 17.9 Å². The molecule has 0 aliphatic carbocycles. The third kappa shape index (κ3) is 6.21. The van der Waals surface area contributed by atoms with E-state index in [9.17, 15) is 9.90 Å². The highest BCUT2D eigenvalue weighted by molar-refractivity contribution is 5.95. The van der Waals surface area contributed by atoms with Gasteiger partial charge < -0.3 is 14.4 Å². The van der Waals surface area contributed by atoms with Crippen LogP contribution in [0.3, 0.4) is 0 Å². The molecule has 0 unspecified atom stereocenters. The number of para-hydroxylation sites is 1. The van der Waals surface area contributed by atoms with Crippen LogP contribution in [0.4, 0.5) is 5.69 Å². The fourth-order valence-corrected chi connectivity index (χ4v) is 3.62. The van der Waals surface area contributed by atoms with Crippen LogP contribution in [0.5, 0.6) is 5.75 Å². The second kappa shape index (κ2) is 10.5. The van der Waals surface area contributed by atoms with Crippen molar-refractivity contribution in [3.8, 4) is 11.8 Å². The van der Waals surface area contributed by atoms with Crippen LogP contribution in [0.2, 0.25) is 0 Å². The molecule has 0 aliphatic heterocycles. The Kier molecular flexibility index (Phi) is 7.47. The molecule has 2 aromatic carbocycles. The number of hydrogen-bond donors (Lipinski definition) is 1. The number of furan rings is 1. The van der Waals surface area contributed by atoms with E-state index < -0.39 is 0 Å². The van der Waals surface area contributed by atoms with Crippen molar-refractivity contribution in [2.45, 2.75) is 33.4 Å². The second-order valence-corrected chi connectivity index (χ2v) is 7.65. The summed E-state index contributed by atoms with van der Waals surface area (Å²) in [4.78, 5) is 17.0. The minimum atomic E-state index is -0.109. The van der Waals surface area contributed by atoms with E-state index in [-0.39, 0.29) is 24.6 Å². The van der Waals surface area contributed by atoms with Crippen molar-refractivity contribution in [2.24, 2.45) is 0 Å². The predicted octanol–water partition coefficient (Wildman–Crippen LogP) is 4.55. The standard InChI is InChI=1S/C25H27N3O3/c1-19-13-20(2)15-22(14-19)28(11-6-10-26)25(30)18-27(17-23-8-5-12-31-23)16-21-7-3-4-9-24(21)29/h3-5,7-9,12-15,29H,6,11,16-18H2,1-2H3. The maximum Gasteiger partial charge on any atom is 0.241 e. The Morgan fingerprint density at radius 2 is 1.81 bits per heavy atom. The first-order chi connectivity index (χ1) is 15.0. The summed E-state index contributed by atoms with van der Waals surface area (Å²) in [6, 6.07) is 18.9. The molecule has 1 aromatic heterocycles. The molecule has 1 amide bonds. The van der Waals surface area contributed by atoms with E-state index in [0.717, 1.165) is 28.1 Å². The lowest BCUT2D eigenvalue weighted by atomic mass is 10.1. The third-order valence-corrected chi connectivity index (χ3v) is 4.97. The molecule has 0 radical (unpaired) electrons. The highest BCUT2D eigenvalue weighted by Crippen LogP contribution is 2.22. The molecule has 0 fully saturated rings. The van der Waals surface area contributed by atoms with Gasteiger partial charge in [0.25, 0.3) is 0 Å². The molecule has 6 heteroatoms. The molecule has 0 saturated carbocycles. The van der Waals surface area contributed by atoms with Gasteiger partial charge in [-0.15, -0.1) is 0 Å². The number of phenolic OH excluding ortho intramolecular Hbond substituents is 1. The van der Waals surface area contributed by atoms with Crippen LogP contribution < -0.4 is 4.90 Å². The van der Waals surface area contributed by atoms with Crippen molar-refractivity contribution in [1.29, 1.82) is 5.26 Å². The van der Waals surface area contributed by atoms with Gasteiger partial charge in [0.05, 0.1) is 31.8 Å². The summed E-state index contributed by atoms with van der Waals surface area (Å²) in [5, 5.41) is 19.3.